The summed E-state index contributed by atoms with van der Waals surface area (Å²) in [5.41, 5.74) is 1.41. The molecular formula is C15H13N5OS. The Hall–Kier alpha value is -2.59. The van der Waals surface area contributed by atoms with Gasteiger partial charge in [-0.25, -0.2) is 9.97 Å². The fourth-order valence-electron chi connectivity index (χ4n) is 2.01. The van der Waals surface area contributed by atoms with Gasteiger partial charge in [0.2, 0.25) is 0 Å². The predicted molar refractivity (Wildman–Crippen MR) is 83.7 cm³/mol. The zero-order chi connectivity index (χ0) is 15.4. The molecule has 0 spiro atoms. The molecule has 0 fully saturated rings. The third-order valence-electron chi connectivity index (χ3n) is 3.05. The van der Waals surface area contributed by atoms with Crippen LogP contribution in [0.15, 0.2) is 41.8 Å². The summed E-state index contributed by atoms with van der Waals surface area (Å²) in [6, 6.07) is 9.23. The van der Waals surface area contributed by atoms with Crippen LogP contribution in [0.2, 0.25) is 0 Å². The van der Waals surface area contributed by atoms with Crippen LogP contribution in [-0.4, -0.2) is 32.1 Å². The van der Waals surface area contributed by atoms with E-state index in [1.807, 2.05) is 19.2 Å². The maximum absolute atomic E-state index is 8.85. The predicted octanol–water partition coefficient (Wildman–Crippen LogP) is 2.41. The van der Waals surface area contributed by atoms with Gasteiger partial charge < -0.3 is 4.74 Å². The standard InChI is InChI=1S/C15H13N5OS/c1-20-14-13(9-19-20)15(18-10-17-14)22-6-5-21-12-4-2-3-11(7-12)8-16/h2-4,7,9-10H,5-6H2,1H3. The first-order chi connectivity index (χ1) is 10.8. The molecule has 110 valence electrons. The van der Waals surface area contributed by atoms with Crippen LogP contribution in [0.4, 0.5) is 0 Å². The molecule has 0 unspecified atom stereocenters. The summed E-state index contributed by atoms with van der Waals surface area (Å²) in [4.78, 5) is 8.50. The van der Waals surface area contributed by atoms with Gasteiger partial charge in [0, 0.05) is 12.8 Å². The largest absolute Gasteiger partial charge is 0.493 e. The van der Waals surface area contributed by atoms with Crippen molar-refractivity contribution < 1.29 is 4.74 Å². The zero-order valence-corrected chi connectivity index (χ0v) is 12.7. The number of aromatic nitrogens is 4. The van der Waals surface area contributed by atoms with E-state index in [0.717, 1.165) is 21.8 Å². The van der Waals surface area contributed by atoms with Gasteiger partial charge in [-0.2, -0.15) is 10.4 Å². The summed E-state index contributed by atoms with van der Waals surface area (Å²) in [7, 11) is 1.86. The molecule has 0 aliphatic heterocycles. The highest BCUT2D eigenvalue weighted by Gasteiger charge is 2.08. The molecule has 0 aliphatic carbocycles. The van der Waals surface area contributed by atoms with E-state index in [9.17, 15) is 0 Å². The molecule has 0 amide bonds. The number of nitriles is 1. The first kappa shape index (κ1) is 14.4. The highest BCUT2D eigenvalue weighted by Crippen LogP contribution is 2.23. The molecule has 2 heterocycles. The van der Waals surface area contributed by atoms with Crippen LogP contribution in [0, 0.1) is 11.3 Å². The van der Waals surface area contributed by atoms with Gasteiger partial charge in [-0.15, -0.1) is 11.8 Å². The van der Waals surface area contributed by atoms with Crippen molar-refractivity contribution in [2.24, 2.45) is 7.05 Å². The van der Waals surface area contributed by atoms with Crippen molar-refractivity contribution >= 4 is 22.8 Å². The molecule has 3 aromatic rings. The van der Waals surface area contributed by atoms with Crippen molar-refractivity contribution in [3.05, 3.63) is 42.4 Å². The molecule has 22 heavy (non-hydrogen) atoms. The molecule has 0 N–H and O–H groups in total. The molecular weight excluding hydrogens is 298 g/mol. The Morgan fingerprint density at radius 2 is 2.27 bits per heavy atom. The minimum absolute atomic E-state index is 0.533. The van der Waals surface area contributed by atoms with Crippen molar-refractivity contribution in [3.63, 3.8) is 0 Å². The number of benzene rings is 1. The third-order valence-corrected chi connectivity index (χ3v) is 4.02. The lowest BCUT2D eigenvalue weighted by atomic mass is 10.2. The second kappa shape index (κ2) is 6.45. The molecule has 0 saturated carbocycles. The summed E-state index contributed by atoms with van der Waals surface area (Å²) < 4.78 is 7.38. The number of nitrogens with zero attached hydrogens (tertiary/aromatic N) is 5. The first-order valence-electron chi connectivity index (χ1n) is 6.66. The van der Waals surface area contributed by atoms with Crippen LogP contribution >= 0.6 is 11.8 Å². The molecule has 2 aromatic heterocycles. The SMILES string of the molecule is Cn1ncc2c(SCCOc3cccc(C#N)c3)ncnc21. The minimum atomic E-state index is 0.533. The number of fused-ring (bicyclic) bond motifs is 1. The highest BCUT2D eigenvalue weighted by atomic mass is 32.2. The monoisotopic (exact) mass is 311 g/mol. The first-order valence-corrected chi connectivity index (χ1v) is 7.65. The molecule has 0 radical (unpaired) electrons. The summed E-state index contributed by atoms with van der Waals surface area (Å²) >= 11 is 1.60. The number of thioether (sulfide) groups is 1. The van der Waals surface area contributed by atoms with Gasteiger partial charge >= 0.3 is 0 Å². The number of hydrogen-bond acceptors (Lipinski definition) is 6. The lowest BCUT2D eigenvalue weighted by Gasteiger charge is -2.06. The Balaban J connectivity index is 1.59. The van der Waals surface area contributed by atoms with Crippen LogP contribution in [0.1, 0.15) is 5.56 Å². The maximum atomic E-state index is 8.85. The molecule has 0 bridgehead atoms. The average molecular weight is 311 g/mol. The van der Waals surface area contributed by atoms with Crippen LogP contribution < -0.4 is 4.74 Å². The molecule has 0 saturated heterocycles. The molecule has 0 atom stereocenters. The van der Waals surface area contributed by atoms with Gasteiger partial charge in [0.05, 0.1) is 29.8 Å². The van der Waals surface area contributed by atoms with Crippen molar-refractivity contribution in [2.45, 2.75) is 5.03 Å². The third kappa shape index (κ3) is 3.02. The Kier molecular flexibility index (Phi) is 4.21. The second-order valence-electron chi connectivity index (χ2n) is 4.52. The van der Waals surface area contributed by atoms with E-state index >= 15 is 0 Å². The minimum Gasteiger partial charge on any atom is -0.493 e. The molecule has 6 nitrogen and oxygen atoms in total. The van der Waals surface area contributed by atoms with E-state index < -0.39 is 0 Å². The van der Waals surface area contributed by atoms with E-state index in [2.05, 4.69) is 21.1 Å². The van der Waals surface area contributed by atoms with Crippen molar-refractivity contribution in [1.82, 2.24) is 19.7 Å². The van der Waals surface area contributed by atoms with Gasteiger partial charge in [0.25, 0.3) is 0 Å². The summed E-state index contributed by atoms with van der Waals surface area (Å²) in [5, 5.41) is 14.9. The fourth-order valence-corrected chi connectivity index (χ4v) is 2.79. The van der Waals surface area contributed by atoms with Gasteiger partial charge in [-0.3, -0.25) is 4.68 Å². The van der Waals surface area contributed by atoms with Crippen LogP contribution in [0.25, 0.3) is 11.0 Å². The normalized spacial score (nSPS) is 10.5. The molecule has 7 heteroatoms. The van der Waals surface area contributed by atoms with E-state index in [1.54, 1.807) is 41.1 Å². The summed E-state index contributed by atoms with van der Waals surface area (Å²) in [6.07, 6.45) is 3.32. The fraction of sp³-hybridized carbons (Fsp3) is 0.200. The molecule has 1 aromatic carbocycles. The lowest BCUT2D eigenvalue weighted by Crippen LogP contribution is -2.01. The lowest BCUT2D eigenvalue weighted by molar-refractivity contribution is 0.344. The number of hydrogen-bond donors (Lipinski definition) is 0. The van der Waals surface area contributed by atoms with Gasteiger partial charge in [0.1, 0.15) is 17.1 Å². The summed E-state index contributed by atoms with van der Waals surface area (Å²) in [5.74, 6) is 1.45. The zero-order valence-electron chi connectivity index (χ0n) is 11.9. The van der Waals surface area contributed by atoms with Gasteiger partial charge in [-0.05, 0) is 18.2 Å². The Morgan fingerprint density at radius 3 is 3.14 bits per heavy atom. The summed E-state index contributed by atoms with van der Waals surface area (Å²) in [6.45, 7) is 0.533. The van der Waals surface area contributed by atoms with E-state index in [1.165, 1.54) is 0 Å². The second-order valence-corrected chi connectivity index (χ2v) is 5.60. The van der Waals surface area contributed by atoms with Crippen LogP contribution in [-0.2, 0) is 7.05 Å². The van der Waals surface area contributed by atoms with E-state index in [4.69, 9.17) is 10.00 Å². The van der Waals surface area contributed by atoms with Gasteiger partial charge in [-0.1, -0.05) is 6.07 Å². The Morgan fingerprint density at radius 1 is 1.36 bits per heavy atom. The van der Waals surface area contributed by atoms with Crippen molar-refractivity contribution in [2.75, 3.05) is 12.4 Å². The Labute approximate surface area is 131 Å². The van der Waals surface area contributed by atoms with Crippen molar-refractivity contribution in [1.29, 1.82) is 5.26 Å². The molecule has 3 rings (SSSR count). The van der Waals surface area contributed by atoms with Gasteiger partial charge in [0.15, 0.2) is 5.65 Å². The number of aryl methyl sites for hydroxylation is 1. The maximum Gasteiger partial charge on any atom is 0.162 e. The quantitative estimate of drug-likeness (QED) is 0.409. The van der Waals surface area contributed by atoms with Crippen LogP contribution in [0.5, 0.6) is 5.75 Å². The number of ether oxygens (including phenoxy) is 1. The number of rotatable bonds is 5. The molecule has 0 aliphatic rings. The van der Waals surface area contributed by atoms with Crippen LogP contribution in [0.3, 0.4) is 0 Å². The van der Waals surface area contributed by atoms with E-state index in [-0.39, 0.29) is 0 Å². The average Bonchev–Trinajstić information content (AvgIpc) is 2.94. The Bertz CT molecular complexity index is 839. The smallest absolute Gasteiger partial charge is 0.162 e. The topological polar surface area (TPSA) is 76.6 Å². The van der Waals surface area contributed by atoms with E-state index in [0.29, 0.717) is 17.9 Å². The van der Waals surface area contributed by atoms with Crippen molar-refractivity contribution in [3.8, 4) is 11.8 Å². The highest BCUT2D eigenvalue weighted by molar-refractivity contribution is 7.99.